The summed E-state index contributed by atoms with van der Waals surface area (Å²) in [6.07, 6.45) is -3.87. The number of aromatic nitrogens is 2. The van der Waals surface area contributed by atoms with Gasteiger partial charge in [0.1, 0.15) is 23.0 Å². The van der Waals surface area contributed by atoms with Gasteiger partial charge in [0.05, 0.1) is 11.1 Å². The lowest BCUT2D eigenvalue weighted by Crippen LogP contribution is -2.25. The summed E-state index contributed by atoms with van der Waals surface area (Å²) in [7, 11) is 1.23. The van der Waals surface area contributed by atoms with Crippen LogP contribution in [0.2, 0.25) is 0 Å². The van der Waals surface area contributed by atoms with Gasteiger partial charge in [0, 0.05) is 19.7 Å². The van der Waals surface area contributed by atoms with Crippen LogP contribution in [0.3, 0.4) is 0 Å². The third-order valence-corrected chi connectivity index (χ3v) is 5.02. The molecule has 2 aromatic carbocycles. The minimum absolute atomic E-state index is 0.0141. The van der Waals surface area contributed by atoms with E-state index in [9.17, 15) is 27.2 Å². The number of nitrogens with one attached hydrogen (secondary N) is 1. The fourth-order valence-electron chi connectivity index (χ4n) is 3.44. The average molecular weight is 475 g/mol. The van der Waals surface area contributed by atoms with Crippen molar-refractivity contribution in [3.63, 3.8) is 0 Å². The van der Waals surface area contributed by atoms with E-state index >= 15 is 0 Å². The summed E-state index contributed by atoms with van der Waals surface area (Å²) in [6, 6.07) is 7.41. The van der Waals surface area contributed by atoms with E-state index in [-0.39, 0.29) is 29.2 Å². The normalized spacial score (nSPS) is 11.3. The summed E-state index contributed by atoms with van der Waals surface area (Å²) < 4.78 is 62.3. The lowest BCUT2D eigenvalue weighted by Gasteiger charge is -2.20. The summed E-state index contributed by atoms with van der Waals surface area (Å²) in [5.74, 6) is -0.775. The number of carbonyl (C=O) groups is 1. The van der Waals surface area contributed by atoms with Crippen LogP contribution >= 0.6 is 0 Å². The Labute approximate surface area is 192 Å². The highest BCUT2D eigenvalue weighted by Gasteiger charge is 2.37. The molecular weight excluding hydrogens is 454 g/mol. The topological polar surface area (TPSA) is 73.2 Å². The Morgan fingerprint density at radius 3 is 2.44 bits per heavy atom. The van der Waals surface area contributed by atoms with E-state index < -0.39 is 34.7 Å². The Morgan fingerprint density at radius 1 is 1.21 bits per heavy atom. The maximum atomic E-state index is 13.9. The first-order chi connectivity index (χ1) is 15.9. The van der Waals surface area contributed by atoms with Gasteiger partial charge >= 0.3 is 6.18 Å². The number of hydrogen-bond acceptors (Lipinski definition) is 4. The monoisotopic (exact) mass is 475 g/mol. The zero-order chi connectivity index (χ0) is 25.2. The number of alkyl halides is 3. The Hall–Kier alpha value is -3.95. The highest BCUT2D eigenvalue weighted by molar-refractivity contribution is 5.87. The van der Waals surface area contributed by atoms with E-state index in [0.717, 1.165) is 10.8 Å². The Bertz CT molecular complexity index is 1310. The highest BCUT2D eigenvalue weighted by Crippen LogP contribution is 2.42. The Balaban J connectivity index is 2.30. The van der Waals surface area contributed by atoms with Crippen molar-refractivity contribution in [2.75, 3.05) is 0 Å². The second kappa shape index (κ2) is 9.50. The largest absolute Gasteiger partial charge is 0.456 e. The van der Waals surface area contributed by atoms with Crippen LogP contribution in [0.4, 0.5) is 17.6 Å². The van der Waals surface area contributed by atoms with Gasteiger partial charge in [0.2, 0.25) is 5.91 Å². The zero-order valence-corrected chi connectivity index (χ0v) is 18.6. The molecule has 10 heteroatoms. The second-order valence-electron chi connectivity index (χ2n) is 7.55. The van der Waals surface area contributed by atoms with Crippen LogP contribution in [0.15, 0.2) is 53.8 Å². The molecule has 178 valence electrons. The van der Waals surface area contributed by atoms with Crippen LogP contribution in [0.1, 0.15) is 22.3 Å². The van der Waals surface area contributed by atoms with Crippen LogP contribution in [0.5, 0.6) is 11.5 Å². The van der Waals surface area contributed by atoms with Gasteiger partial charge < -0.3 is 10.1 Å². The van der Waals surface area contributed by atoms with Gasteiger partial charge in [0.25, 0.3) is 5.56 Å². The molecule has 0 aliphatic heterocycles. The molecular formula is C24H21F4N3O3. The lowest BCUT2D eigenvalue weighted by atomic mass is 9.98. The maximum absolute atomic E-state index is 13.9. The molecule has 0 aliphatic carbocycles. The molecule has 0 radical (unpaired) electrons. The fraction of sp³-hybridized carbons (Fsp3) is 0.208. The summed E-state index contributed by atoms with van der Waals surface area (Å²) in [4.78, 5) is 23.7. The van der Waals surface area contributed by atoms with Gasteiger partial charge in [-0.25, -0.2) is 9.07 Å². The molecule has 0 saturated heterocycles. The van der Waals surface area contributed by atoms with E-state index in [1.54, 1.807) is 13.8 Å². The summed E-state index contributed by atoms with van der Waals surface area (Å²) >= 11 is 0. The van der Waals surface area contributed by atoms with Crippen molar-refractivity contribution >= 4 is 5.91 Å². The van der Waals surface area contributed by atoms with Gasteiger partial charge in [-0.2, -0.15) is 18.3 Å². The second-order valence-corrected chi connectivity index (χ2v) is 7.55. The molecule has 34 heavy (non-hydrogen) atoms. The standard InChI is InChI=1S/C24H21F4N3O3/c1-5-19(32)29-12-15-7-6-8-18(34-23-13(2)9-16(25)10-14(23)3)21(15)22-17(24(26,27)28)11-20(33)31(4)30-22/h5-11H,1,12H2,2-4H3,(H,29,32). The molecule has 1 aromatic heterocycles. The van der Waals surface area contributed by atoms with E-state index in [1.165, 1.54) is 37.4 Å². The quantitative estimate of drug-likeness (QED) is 0.410. The number of halogens is 4. The molecule has 0 unspecified atom stereocenters. The van der Waals surface area contributed by atoms with Crippen LogP contribution in [0.25, 0.3) is 11.3 Å². The van der Waals surface area contributed by atoms with Gasteiger partial charge in [-0.15, -0.1) is 0 Å². The third kappa shape index (κ3) is 5.16. The van der Waals surface area contributed by atoms with Crippen molar-refractivity contribution in [1.82, 2.24) is 15.1 Å². The molecule has 0 spiro atoms. The molecule has 0 saturated carbocycles. The van der Waals surface area contributed by atoms with Crippen molar-refractivity contribution in [1.29, 1.82) is 0 Å². The maximum Gasteiger partial charge on any atom is 0.418 e. The molecule has 0 bridgehead atoms. The average Bonchev–Trinajstić information content (AvgIpc) is 2.75. The fourth-order valence-corrected chi connectivity index (χ4v) is 3.44. The first-order valence-corrected chi connectivity index (χ1v) is 10.0. The number of benzene rings is 2. The molecule has 0 fully saturated rings. The SMILES string of the molecule is C=CC(=O)NCc1cccc(Oc2c(C)cc(F)cc2C)c1-c1nn(C)c(=O)cc1C(F)(F)F. The number of aryl methyl sites for hydroxylation is 3. The van der Waals surface area contributed by atoms with Crippen molar-refractivity contribution in [2.45, 2.75) is 26.6 Å². The van der Waals surface area contributed by atoms with Crippen molar-refractivity contribution in [3.05, 3.63) is 87.5 Å². The van der Waals surface area contributed by atoms with Crippen molar-refractivity contribution < 1.29 is 27.1 Å². The predicted molar refractivity (Wildman–Crippen MR) is 118 cm³/mol. The number of ether oxygens (including phenoxy) is 1. The molecule has 6 nitrogen and oxygen atoms in total. The molecule has 1 amide bonds. The van der Waals surface area contributed by atoms with E-state index in [0.29, 0.717) is 17.2 Å². The summed E-state index contributed by atoms with van der Waals surface area (Å²) in [5.41, 5.74) is -1.71. The first kappa shape index (κ1) is 24.7. The van der Waals surface area contributed by atoms with E-state index in [4.69, 9.17) is 4.74 Å². The zero-order valence-electron chi connectivity index (χ0n) is 18.6. The number of rotatable bonds is 6. The number of amides is 1. The molecule has 3 rings (SSSR count). The van der Waals surface area contributed by atoms with Crippen LogP contribution in [0, 0.1) is 19.7 Å². The van der Waals surface area contributed by atoms with Crippen LogP contribution in [-0.4, -0.2) is 15.7 Å². The lowest BCUT2D eigenvalue weighted by molar-refractivity contribution is -0.137. The molecule has 0 aliphatic rings. The smallest absolute Gasteiger partial charge is 0.418 e. The number of nitrogens with zero attached hydrogens (tertiary/aromatic N) is 2. The first-order valence-electron chi connectivity index (χ1n) is 10.0. The Morgan fingerprint density at radius 2 is 1.85 bits per heavy atom. The van der Waals surface area contributed by atoms with Gasteiger partial charge in [0.15, 0.2) is 0 Å². The van der Waals surface area contributed by atoms with E-state index in [1.807, 2.05) is 0 Å². The highest BCUT2D eigenvalue weighted by atomic mass is 19.4. The van der Waals surface area contributed by atoms with Gasteiger partial charge in [-0.3, -0.25) is 9.59 Å². The van der Waals surface area contributed by atoms with Gasteiger partial charge in [-0.1, -0.05) is 18.7 Å². The number of hydrogen-bond donors (Lipinski definition) is 1. The van der Waals surface area contributed by atoms with Crippen LogP contribution in [-0.2, 0) is 24.6 Å². The van der Waals surface area contributed by atoms with Crippen LogP contribution < -0.4 is 15.6 Å². The molecule has 1 heterocycles. The minimum atomic E-state index is -4.90. The summed E-state index contributed by atoms with van der Waals surface area (Å²) in [5, 5.41) is 6.41. The molecule has 1 N–H and O–H groups in total. The van der Waals surface area contributed by atoms with Crippen molar-refractivity contribution in [3.8, 4) is 22.8 Å². The summed E-state index contributed by atoms with van der Waals surface area (Å²) in [6.45, 7) is 6.39. The predicted octanol–water partition coefficient (Wildman–Crippen LogP) is 4.82. The van der Waals surface area contributed by atoms with E-state index in [2.05, 4.69) is 17.0 Å². The van der Waals surface area contributed by atoms with Gasteiger partial charge in [-0.05, 0) is 54.8 Å². The van der Waals surface area contributed by atoms with Crippen molar-refractivity contribution in [2.24, 2.45) is 7.05 Å². The third-order valence-electron chi connectivity index (χ3n) is 5.02. The number of carbonyl (C=O) groups excluding carboxylic acids is 1. The molecule has 0 atom stereocenters. The minimum Gasteiger partial charge on any atom is -0.456 e. The molecule has 3 aromatic rings. The Kier molecular flexibility index (Phi) is 6.90.